The number of carboxylic acid groups (broad SMARTS) is 1. The number of rotatable bonds is 2. The first-order valence-electron chi connectivity index (χ1n) is 5.47. The molecule has 0 aliphatic heterocycles. The van der Waals surface area contributed by atoms with Crippen molar-refractivity contribution in [1.29, 1.82) is 0 Å². The second kappa shape index (κ2) is 5.02. The number of carboxylic acids is 1. The van der Waals surface area contributed by atoms with Crippen LogP contribution >= 0.6 is 0 Å². The van der Waals surface area contributed by atoms with Gasteiger partial charge in [0.25, 0.3) is 5.91 Å². The molecular formula is C12H17NO3. The lowest BCUT2D eigenvalue weighted by Crippen LogP contribution is -2.51. The molecule has 0 aromatic rings. The summed E-state index contributed by atoms with van der Waals surface area (Å²) in [5, 5.41) is 11.9. The van der Waals surface area contributed by atoms with E-state index in [9.17, 15) is 14.7 Å². The molecule has 0 heterocycles. The van der Waals surface area contributed by atoms with Crippen LogP contribution in [0.3, 0.4) is 0 Å². The fourth-order valence-corrected chi connectivity index (χ4v) is 2.13. The summed E-state index contributed by atoms with van der Waals surface area (Å²) in [6.45, 7) is 3.27. The summed E-state index contributed by atoms with van der Waals surface area (Å²) in [5.41, 5.74) is -0.858. The molecule has 0 aromatic heterocycles. The van der Waals surface area contributed by atoms with Crippen molar-refractivity contribution in [3.8, 4) is 11.8 Å². The maximum absolute atomic E-state index is 11.3. The molecule has 0 aromatic carbocycles. The first-order valence-corrected chi connectivity index (χ1v) is 5.47. The smallest absolute Gasteiger partial charge is 0.311 e. The van der Waals surface area contributed by atoms with Crippen LogP contribution in [0.4, 0.5) is 0 Å². The number of amides is 1. The fraction of sp³-hybridized carbons (Fsp3) is 0.667. The van der Waals surface area contributed by atoms with E-state index >= 15 is 0 Å². The highest BCUT2D eigenvalue weighted by atomic mass is 16.4. The minimum absolute atomic E-state index is 0.313. The van der Waals surface area contributed by atoms with Gasteiger partial charge in [-0.05, 0) is 32.6 Å². The van der Waals surface area contributed by atoms with E-state index in [2.05, 4.69) is 17.2 Å². The molecular weight excluding hydrogens is 206 g/mol. The third-order valence-electron chi connectivity index (χ3n) is 3.24. The Morgan fingerprint density at radius 3 is 2.69 bits per heavy atom. The van der Waals surface area contributed by atoms with Crippen LogP contribution < -0.4 is 5.32 Å². The normalized spacial score (nSPS) is 28.8. The molecule has 4 heteroatoms. The Balaban J connectivity index is 2.77. The van der Waals surface area contributed by atoms with Crippen LogP contribution in [-0.4, -0.2) is 23.0 Å². The zero-order chi connectivity index (χ0) is 12.2. The van der Waals surface area contributed by atoms with Crippen molar-refractivity contribution in [2.24, 2.45) is 5.41 Å². The van der Waals surface area contributed by atoms with Gasteiger partial charge in [0.2, 0.25) is 0 Å². The standard InChI is InChI=1S/C12H17NO3/c1-3-6-10(14)13-9-7-4-5-8-12(9,2)11(15)16/h9H,4-5,7-8H2,1-2H3,(H,13,14)(H,15,16). The van der Waals surface area contributed by atoms with E-state index in [-0.39, 0.29) is 11.9 Å². The second-order valence-corrected chi connectivity index (χ2v) is 4.37. The molecule has 2 unspecified atom stereocenters. The van der Waals surface area contributed by atoms with Gasteiger partial charge in [-0.2, -0.15) is 0 Å². The number of nitrogens with one attached hydrogen (secondary N) is 1. The lowest BCUT2D eigenvalue weighted by Gasteiger charge is -2.37. The monoisotopic (exact) mass is 223 g/mol. The largest absolute Gasteiger partial charge is 0.481 e. The van der Waals surface area contributed by atoms with Crippen LogP contribution in [0.5, 0.6) is 0 Å². The maximum Gasteiger partial charge on any atom is 0.311 e. The Hall–Kier alpha value is -1.50. The molecule has 2 atom stereocenters. The predicted octanol–water partition coefficient (Wildman–Crippen LogP) is 1.16. The van der Waals surface area contributed by atoms with Gasteiger partial charge < -0.3 is 10.4 Å². The summed E-state index contributed by atoms with van der Waals surface area (Å²) in [6, 6.07) is -0.313. The first kappa shape index (κ1) is 12.6. The predicted molar refractivity (Wildman–Crippen MR) is 59.6 cm³/mol. The van der Waals surface area contributed by atoms with Gasteiger partial charge in [-0.15, -0.1) is 0 Å². The summed E-state index contributed by atoms with van der Waals surface area (Å²) in [7, 11) is 0. The second-order valence-electron chi connectivity index (χ2n) is 4.37. The molecule has 0 saturated heterocycles. The van der Waals surface area contributed by atoms with Gasteiger partial charge in [0.1, 0.15) is 0 Å². The number of hydrogen-bond acceptors (Lipinski definition) is 2. The van der Waals surface area contributed by atoms with Gasteiger partial charge in [-0.25, -0.2) is 0 Å². The molecule has 4 nitrogen and oxygen atoms in total. The van der Waals surface area contributed by atoms with E-state index in [4.69, 9.17) is 0 Å². The van der Waals surface area contributed by atoms with Crippen LogP contribution in [0.25, 0.3) is 0 Å². The van der Waals surface area contributed by atoms with Gasteiger partial charge in [0.05, 0.1) is 5.41 Å². The van der Waals surface area contributed by atoms with Gasteiger partial charge in [-0.3, -0.25) is 9.59 Å². The lowest BCUT2D eigenvalue weighted by molar-refractivity contribution is -0.151. The zero-order valence-electron chi connectivity index (χ0n) is 9.67. The SMILES string of the molecule is CC#CC(=O)NC1CCCCC1(C)C(=O)O. The van der Waals surface area contributed by atoms with Crippen LogP contribution in [0, 0.1) is 17.3 Å². The van der Waals surface area contributed by atoms with E-state index in [0.29, 0.717) is 12.8 Å². The molecule has 1 aliphatic rings. The van der Waals surface area contributed by atoms with E-state index < -0.39 is 11.4 Å². The van der Waals surface area contributed by atoms with Crippen molar-refractivity contribution in [3.05, 3.63) is 0 Å². The minimum Gasteiger partial charge on any atom is -0.481 e. The average molecular weight is 223 g/mol. The molecule has 2 N–H and O–H groups in total. The highest BCUT2D eigenvalue weighted by molar-refractivity contribution is 5.94. The maximum atomic E-state index is 11.3. The highest BCUT2D eigenvalue weighted by Crippen LogP contribution is 2.36. The third kappa shape index (κ3) is 2.54. The van der Waals surface area contributed by atoms with Gasteiger partial charge in [0.15, 0.2) is 0 Å². The first-order chi connectivity index (χ1) is 7.50. The van der Waals surface area contributed by atoms with Crippen molar-refractivity contribution >= 4 is 11.9 Å². The molecule has 1 saturated carbocycles. The van der Waals surface area contributed by atoms with Crippen molar-refractivity contribution in [2.45, 2.75) is 45.6 Å². The Kier molecular flexibility index (Phi) is 3.94. The molecule has 1 amide bonds. The number of aliphatic carboxylic acids is 1. The highest BCUT2D eigenvalue weighted by Gasteiger charge is 2.43. The zero-order valence-corrected chi connectivity index (χ0v) is 9.67. The summed E-state index contributed by atoms with van der Waals surface area (Å²) >= 11 is 0. The molecule has 16 heavy (non-hydrogen) atoms. The van der Waals surface area contributed by atoms with Gasteiger partial charge in [-0.1, -0.05) is 18.8 Å². The van der Waals surface area contributed by atoms with Crippen molar-refractivity contribution in [2.75, 3.05) is 0 Å². The van der Waals surface area contributed by atoms with Crippen LogP contribution in [0.1, 0.15) is 39.5 Å². The average Bonchev–Trinajstić information content (AvgIpc) is 2.21. The van der Waals surface area contributed by atoms with Crippen molar-refractivity contribution < 1.29 is 14.7 Å². The lowest BCUT2D eigenvalue weighted by atomic mass is 9.71. The summed E-state index contributed by atoms with van der Waals surface area (Å²) < 4.78 is 0. The molecule has 1 fully saturated rings. The number of hydrogen-bond donors (Lipinski definition) is 2. The molecule has 1 aliphatic carbocycles. The van der Waals surface area contributed by atoms with E-state index in [1.54, 1.807) is 13.8 Å². The van der Waals surface area contributed by atoms with Crippen LogP contribution in [0.2, 0.25) is 0 Å². The Morgan fingerprint density at radius 2 is 2.12 bits per heavy atom. The topological polar surface area (TPSA) is 66.4 Å². The van der Waals surface area contributed by atoms with E-state index in [0.717, 1.165) is 12.8 Å². The summed E-state index contributed by atoms with van der Waals surface area (Å²) in [5.74, 6) is 3.65. The number of carbonyl (C=O) groups excluding carboxylic acids is 1. The molecule has 1 rings (SSSR count). The van der Waals surface area contributed by atoms with Crippen LogP contribution in [-0.2, 0) is 9.59 Å². The third-order valence-corrected chi connectivity index (χ3v) is 3.24. The van der Waals surface area contributed by atoms with E-state index in [1.807, 2.05) is 0 Å². The molecule has 88 valence electrons. The van der Waals surface area contributed by atoms with Crippen molar-refractivity contribution in [3.63, 3.8) is 0 Å². The van der Waals surface area contributed by atoms with Crippen LogP contribution in [0.15, 0.2) is 0 Å². The Labute approximate surface area is 95.4 Å². The molecule has 0 bridgehead atoms. The van der Waals surface area contributed by atoms with Gasteiger partial charge in [0, 0.05) is 6.04 Å². The minimum atomic E-state index is -0.858. The number of carbonyl (C=O) groups is 2. The van der Waals surface area contributed by atoms with Gasteiger partial charge >= 0.3 is 5.97 Å². The van der Waals surface area contributed by atoms with Crippen molar-refractivity contribution in [1.82, 2.24) is 5.32 Å². The summed E-state index contributed by atoms with van der Waals surface area (Å²) in [4.78, 5) is 22.6. The molecule has 0 radical (unpaired) electrons. The molecule has 0 spiro atoms. The quantitative estimate of drug-likeness (QED) is 0.690. The van der Waals surface area contributed by atoms with E-state index in [1.165, 1.54) is 0 Å². The Morgan fingerprint density at radius 1 is 1.44 bits per heavy atom. The summed E-state index contributed by atoms with van der Waals surface area (Å²) in [6.07, 6.45) is 3.16. The Bertz CT molecular complexity index is 353. The fourth-order valence-electron chi connectivity index (χ4n) is 2.13.